The van der Waals surface area contributed by atoms with Crippen molar-refractivity contribution >= 4 is 11.8 Å². The van der Waals surface area contributed by atoms with Crippen molar-refractivity contribution in [1.29, 1.82) is 0 Å². The minimum atomic E-state index is -0.356. The van der Waals surface area contributed by atoms with Gasteiger partial charge >= 0.3 is 0 Å². The molecule has 0 bridgehead atoms. The Hall–Kier alpha value is -1.82. The van der Waals surface area contributed by atoms with Crippen LogP contribution in [0, 0.1) is 0 Å². The first-order chi connectivity index (χ1) is 9.38. The van der Waals surface area contributed by atoms with Crippen LogP contribution in [0.4, 0.5) is 0 Å². The van der Waals surface area contributed by atoms with Gasteiger partial charge in [0.15, 0.2) is 0 Å². The number of nitrogens with two attached hydrogens (primary N) is 1. The Morgan fingerprint density at radius 3 is 2.50 bits per heavy atom. The molecular weight excluding hydrogens is 272 g/mol. The number of rotatable bonds is 3. The Labute approximate surface area is 122 Å². The third kappa shape index (κ3) is 3.39. The minimum absolute atomic E-state index is 0.147. The molecule has 0 fully saturated rings. The van der Waals surface area contributed by atoms with Crippen LogP contribution in [-0.2, 0) is 11.2 Å². The zero-order chi connectivity index (χ0) is 14.8. The molecule has 0 spiro atoms. The van der Waals surface area contributed by atoms with Crippen LogP contribution in [-0.4, -0.2) is 14.9 Å². The van der Waals surface area contributed by atoms with Crippen molar-refractivity contribution in [2.75, 3.05) is 5.84 Å². The Kier molecular flexibility index (Phi) is 4.13. The van der Waals surface area contributed by atoms with Gasteiger partial charge in [-0.1, -0.05) is 56.8 Å². The van der Waals surface area contributed by atoms with Gasteiger partial charge in [-0.25, -0.2) is 0 Å². The summed E-state index contributed by atoms with van der Waals surface area (Å²) in [6.45, 7) is 6.55. The van der Waals surface area contributed by atoms with E-state index in [2.05, 4.69) is 55.2 Å². The maximum atomic E-state index is 11.3. The van der Waals surface area contributed by atoms with Crippen LogP contribution < -0.4 is 11.4 Å². The van der Waals surface area contributed by atoms with Crippen LogP contribution >= 0.6 is 11.8 Å². The van der Waals surface area contributed by atoms with E-state index in [0.29, 0.717) is 10.9 Å². The third-order valence-electron chi connectivity index (χ3n) is 2.94. The highest BCUT2D eigenvalue weighted by Gasteiger charge is 2.13. The molecule has 2 rings (SSSR count). The monoisotopic (exact) mass is 290 g/mol. The lowest BCUT2D eigenvalue weighted by Gasteiger charge is -2.19. The lowest BCUT2D eigenvalue weighted by atomic mass is 9.87. The van der Waals surface area contributed by atoms with E-state index in [-0.39, 0.29) is 11.0 Å². The van der Waals surface area contributed by atoms with Gasteiger partial charge < -0.3 is 5.84 Å². The van der Waals surface area contributed by atoms with Gasteiger partial charge in [0.25, 0.3) is 5.56 Å². The highest BCUT2D eigenvalue weighted by molar-refractivity contribution is 7.98. The lowest BCUT2D eigenvalue weighted by Crippen LogP contribution is -2.29. The largest absolute Gasteiger partial charge is 0.334 e. The highest BCUT2D eigenvalue weighted by Crippen LogP contribution is 2.24. The molecule has 0 saturated heterocycles. The molecule has 20 heavy (non-hydrogen) atoms. The maximum Gasteiger partial charge on any atom is 0.291 e. The molecule has 0 saturated carbocycles. The van der Waals surface area contributed by atoms with Crippen molar-refractivity contribution in [1.82, 2.24) is 14.9 Å². The minimum Gasteiger partial charge on any atom is -0.334 e. The van der Waals surface area contributed by atoms with Gasteiger partial charge in [0.1, 0.15) is 6.20 Å². The highest BCUT2D eigenvalue weighted by atomic mass is 32.2. The van der Waals surface area contributed by atoms with E-state index in [1.807, 2.05) is 0 Å². The molecule has 0 radical (unpaired) electrons. The lowest BCUT2D eigenvalue weighted by molar-refractivity contribution is 0.590. The van der Waals surface area contributed by atoms with E-state index in [9.17, 15) is 4.79 Å². The van der Waals surface area contributed by atoms with Crippen LogP contribution in [0.15, 0.2) is 40.4 Å². The van der Waals surface area contributed by atoms with Crippen LogP contribution in [0.3, 0.4) is 0 Å². The molecule has 0 unspecified atom stereocenters. The molecule has 1 aromatic heterocycles. The fraction of sp³-hybridized carbons (Fsp3) is 0.357. The van der Waals surface area contributed by atoms with Crippen LogP contribution in [0.5, 0.6) is 0 Å². The van der Waals surface area contributed by atoms with Crippen LogP contribution in [0.25, 0.3) is 0 Å². The zero-order valence-electron chi connectivity index (χ0n) is 11.8. The van der Waals surface area contributed by atoms with Crippen molar-refractivity contribution in [3.8, 4) is 0 Å². The summed E-state index contributed by atoms with van der Waals surface area (Å²) in [5, 5.41) is 7.90. The molecule has 1 heterocycles. The smallest absolute Gasteiger partial charge is 0.291 e. The molecule has 0 aliphatic rings. The second kappa shape index (κ2) is 5.66. The molecule has 2 N–H and O–H groups in total. The summed E-state index contributed by atoms with van der Waals surface area (Å²) in [6.07, 6.45) is 1.10. The summed E-state index contributed by atoms with van der Waals surface area (Å²) in [5.74, 6) is 6.30. The summed E-state index contributed by atoms with van der Waals surface area (Å²) in [6, 6.07) is 8.43. The molecule has 2 aromatic rings. The van der Waals surface area contributed by atoms with Gasteiger partial charge in [0, 0.05) is 5.75 Å². The molecule has 106 valence electrons. The number of nitrogen functional groups attached to an aromatic ring is 1. The van der Waals surface area contributed by atoms with Crippen LogP contribution in [0.2, 0.25) is 0 Å². The van der Waals surface area contributed by atoms with E-state index >= 15 is 0 Å². The third-order valence-corrected chi connectivity index (χ3v) is 3.96. The summed E-state index contributed by atoms with van der Waals surface area (Å²) in [5.41, 5.74) is 2.24. The molecule has 5 nitrogen and oxygen atoms in total. The first-order valence-corrected chi connectivity index (χ1v) is 7.28. The topological polar surface area (TPSA) is 73.8 Å². The number of nitrogens with zero attached hydrogens (tertiary/aromatic N) is 3. The van der Waals surface area contributed by atoms with Crippen molar-refractivity contribution in [3.63, 3.8) is 0 Å². The van der Waals surface area contributed by atoms with Gasteiger partial charge in [0.05, 0.1) is 0 Å². The Morgan fingerprint density at radius 2 is 1.90 bits per heavy atom. The van der Waals surface area contributed by atoms with Crippen LogP contribution in [0.1, 0.15) is 31.9 Å². The predicted octanol–water partition coefficient (Wildman–Crippen LogP) is 1.94. The zero-order valence-corrected chi connectivity index (χ0v) is 12.6. The Bertz CT molecular complexity index is 643. The standard InChI is InChI=1S/C14H18N4OS/c1-14(2,3)11-6-4-10(5-7-11)9-20-13-17-16-8-12(19)18(13)15/h4-8H,9,15H2,1-3H3. The fourth-order valence-corrected chi connectivity index (χ4v) is 2.50. The first-order valence-electron chi connectivity index (χ1n) is 6.30. The first kappa shape index (κ1) is 14.6. The summed E-state index contributed by atoms with van der Waals surface area (Å²) >= 11 is 1.39. The maximum absolute atomic E-state index is 11.3. The van der Waals surface area contributed by atoms with Gasteiger partial charge in [-0.2, -0.15) is 9.77 Å². The number of thioether (sulfide) groups is 1. The SMILES string of the molecule is CC(C)(C)c1ccc(CSc2nncc(=O)n2N)cc1. The molecule has 0 atom stereocenters. The van der Waals surface area contributed by atoms with Gasteiger partial charge in [-0.15, -0.1) is 5.10 Å². The van der Waals surface area contributed by atoms with E-state index in [1.165, 1.54) is 17.3 Å². The normalized spacial score (nSPS) is 11.6. The molecule has 0 aliphatic carbocycles. The van der Waals surface area contributed by atoms with Gasteiger partial charge in [0.2, 0.25) is 5.16 Å². The molecule has 0 amide bonds. The van der Waals surface area contributed by atoms with E-state index in [0.717, 1.165) is 16.4 Å². The average Bonchev–Trinajstić information content (AvgIpc) is 2.40. The Morgan fingerprint density at radius 1 is 1.25 bits per heavy atom. The van der Waals surface area contributed by atoms with Crippen molar-refractivity contribution < 1.29 is 0 Å². The van der Waals surface area contributed by atoms with E-state index < -0.39 is 0 Å². The predicted molar refractivity (Wildman–Crippen MR) is 81.1 cm³/mol. The summed E-state index contributed by atoms with van der Waals surface area (Å²) in [7, 11) is 0. The number of benzene rings is 1. The quantitative estimate of drug-likeness (QED) is 0.691. The van der Waals surface area contributed by atoms with Gasteiger partial charge in [-0.05, 0) is 16.5 Å². The Balaban J connectivity index is 2.08. The molecular formula is C14H18N4OS. The molecule has 1 aromatic carbocycles. The fourth-order valence-electron chi connectivity index (χ4n) is 1.68. The van der Waals surface area contributed by atoms with Gasteiger partial charge in [-0.3, -0.25) is 4.79 Å². The van der Waals surface area contributed by atoms with E-state index in [1.54, 1.807) is 0 Å². The van der Waals surface area contributed by atoms with Crippen molar-refractivity contribution in [2.45, 2.75) is 37.1 Å². The summed E-state index contributed by atoms with van der Waals surface area (Å²) < 4.78 is 1.02. The number of hydrogen-bond donors (Lipinski definition) is 1. The van der Waals surface area contributed by atoms with E-state index in [4.69, 9.17) is 5.84 Å². The van der Waals surface area contributed by atoms with Crippen molar-refractivity contribution in [3.05, 3.63) is 51.9 Å². The summed E-state index contributed by atoms with van der Waals surface area (Å²) in [4.78, 5) is 11.3. The number of hydrogen-bond acceptors (Lipinski definition) is 5. The number of aromatic nitrogens is 3. The molecule has 0 aliphatic heterocycles. The molecule has 6 heteroatoms. The average molecular weight is 290 g/mol. The van der Waals surface area contributed by atoms with Crippen molar-refractivity contribution in [2.24, 2.45) is 0 Å². The second-order valence-corrected chi connectivity index (χ2v) is 6.51. The second-order valence-electron chi connectivity index (χ2n) is 5.57.